The maximum atomic E-state index is 11.8. The Morgan fingerprint density at radius 2 is 2.30 bits per heavy atom. The monoisotopic (exact) mass is 290 g/mol. The van der Waals surface area contributed by atoms with Crippen LogP contribution in [0.15, 0.2) is 29.8 Å². The van der Waals surface area contributed by atoms with Gasteiger partial charge in [-0.1, -0.05) is 0 Å². The molecule has 1 heterocycles. The van der Waals surface area contributed by atoms with Gasteiger partial charge in [0.25, 0.3) is 5.91 Å². The maximum absolute atomic E-state index is 11.8. The van der Waals surface area contributed by atoms with Crippen LogP contribution in [0, 0.1) is 0 Å². The molecule has 5 nitrogen and oxygen atoms in total. The van der Waals surface area contributed by atoms with Crippen molar-refractivity contribution in [2.45, 2.75) is 19.9 Å². The number of carbonyl (C=O) groups excluding carboxylic acids is 1. The minimum atomic E-state index is -0.0996. The molecule has 0 spiro atoms. The minimum absolute atomic E-state index is 0.0433. The van der Waals surface area contributed by atoms with Crippen LogP contribution in [0.4, 0.5) is 11.4 Å². The Morgan fingerprint density at radius 3 is 2.95 bits per heavy atom. The van der Waals surface area contributed by atoms with Crippen molar-refractivity contribution >= 4 is 28.6 Å². The number of aromatic nitrogens is 1. The number of hydrogen-bond acceptors (Lipinski definition) is 5. The number of thiazole rings is 1. The van der Waals surface area contributed by atoms with Crippen molar-refractivity contribution < 1.29 is 4.79 Å². The third-order valence-electron chi connectivity index (χ3n) is 2.85. The van der Waals surface area contributed by atoms with Crippen LogP contribution in [0.1, 0.15) is 35.3 Å². The van der Waals surface area contributed by atoms with Gasteiger partial charge in [-0.25, -0.2) is 4.98 Å². The van der Waals surface area contributed by atoms with E-state index in [-0.39, 0.29) is 11.9 Å². The third kappa shape index (κ3) is 3.27. The average molecular weight is 290 g/mol. The highest BCUT2D eigenvalue weighted by molar-refractivity contribution is 7.09. The van der Waals surface area contributed by atoms with Gasteiger partial charge in [0.1, 0.15) is 5.01 Å². The van der Waals surface area contributed by atoms with Gasteiger partial charge in [0, 0.05) is 23.7 Å². The van der Waals surface area contributed by atoms with Gasteiger partial charge in [0.2, 0.25) is 0 Å². The minimum Gasteiger partial charge on any atom is -0.397 e. The Bertz CT molecular complexity index is 583. The number of nitrogens with zero attached hydrogens (tertiary/aromatic N) is 1. The van der Waals surface area contributed by atoms with E-state index < -0.39 is 0 Å². The molecule has 0 bridgehead atoms. The van der Waals surface area contributed by atoms with Crippen LogP contribution in [0.25, 0.3) is 0 Å². The second-order valence-electron chi connectivity index (χ2n) is 4.40. The molecule has 0 aliphatic rings. The van der Waals surface area contributed by atoms with Crippen molar-refractivity contribution in [3.63, 3.8) is 0 Å². The lowest BCUT2D eigenvalue weighted by Crippen LogP contribution is -2.22. The lowest BCUT2D eigenvalue weighted by atomic mass is 10.1. The molecule has 2 aromatic rings. The molecule has 4 N–H and O–H groups in total. The van der Waals surface area contributed by atoms with Gasteiger partial charge < -0.3 is 16.4 Å². The summed E-state index contributed by atoms with van der Waals surface area (Å²) in [6.45, 7) is 4.50. The molecule has 0 aliphatic carbocycles. The number of hydrogen-bond donors (Lipinski definition) is 3. The smallest absolute Gasteiger partial charge is 0.251 e. The molecule has 0 fully saturated rings. The van der Waals surface area contributed by atoms with E-state index in [2.05, 4.69) is 15.6 Å². The number of nitrogens with one attached hydrogen (secondary N) is 2. The van der Waals surface area contributed by atoms with Crippen LogP contribution in [-0.2, 0) is 0 Å². The zero-order valence-corrected chi connectivity index (χ0v) is 12.3. The predicted octanol–water partition coefficient (Wildman–Crippen LogP) is 2.65. The summed E-state index contributed by atoms with van der Waals surface area (Å²) in [5, 5.41) is 8.98. The number of carbonyl (C=O) groups is 1. The molecule has 0 aliphatic heterocycles. The Morgan fingerprint density at radius 1 is 1.50 bits per heavy atom. The second kappa shape index (κ2) is 6.38. The van der Waals surface area contributed by atoms with Crippen LogP contribution in [0.2, 0.25) is 0 Å². The highest BCUT2D eigenvalue weighted by Crippen LogP contribution is 2.26. The summed E-state index contributed by atoms with van der Waals surface area (Å²) >= 11 is 1.58. The van der Waals surface area contributed by atoms with Crippen molar-refractivity contribution in [3.05, 3.63) is 40.3 Å². The topological polar surface area (TPSA) is 80.0 Å². The highest BCUT2D eigenvalue weighted by Gasteiger charge is 2.12. The van der Waals surface area contributed by atoms with Crippen molar-refractivity contribution in [3.8, 4) is 0 Å². The van der Waals surface area contributed by atoms with Crippen LogP contribution in [0.3, 0.4) is 0 Å². The van der Waals surface area contributed by atoms with E-state index in [1.54, 1.807) is 35.7 Å². The summed E-state index contributed by atoms with van der Waals surface area (Å²) in [7, 11) is 0. The largest absolute Gasteiger partial charge is 0.397 e. The number of amides is 1. The number of anilines is 2. The average Bonchev–Trinajstić information content (AvgIpc) is 2.95. The van der Waals surface area contributed by atoms with E-state index in [1.807, 2.05) is 19.2 Å². The number of nitrogens with two attached hydrogens (primary N) is 1. The normalized spacial score (nSPS) is 11.9. The lowest BCUT2D eigenvalue weighted by molar-refractivity contribution is 0.0956. The predicted molar refractivity (Wildman–Crippen MR) is 83.0 cm³/mol. The maximum Gasteiger partial charge on any atom is 0.251 e. The van der Waals surface area contributed by atoms with Crippen LogP contribution < -0.4 is 16.4 Å². The molecule has 1 unspecified atom stereocenters. The van der Waals surface area contributed by atoms with E-state index in [1.165, 1.54) is 0 Å². The zero-order valence-electron chi connectivity index (χ0n) is 11.5. The van der Waals surface area contributed by atoms with E-state index in [4.69, 9.17) is 5.73 Å². The fraction of sp³-hybridized carbons (Fsp3) is 0.286. The Labute approximate surface area is 122 Å². The van der Waals surface area contributed by atoms with E-state index in [0.717, 1.165) is 10.7 Å². The van der Waals surface area contributed by atoms with E-state index in [0.29, 0.717) is 17.8 Å². The molecule has 1 aromatic carbocycles. The zero-order chi connectivity index (χ0) is 14.5. The first-order valence-electron chi connectivity index (χ1n) is 6.45. The quantitative estimate of drug-likeness (QED) is 0.740. The summed E-state index contributed by atoms with van der Waals surface area (Å²) < 4.78 is 0. The molecule has 20 heavy (non-hydrogen) atoms. The summed E-state index contributed by atoms with van der Waals surface area (Å²) in [4.78, 5) is 16.1. The molecule has 0 radical (unpaired) electrons. The fourth-order valence-corrected chi connectivity index (χ4v) is 2.47. The van der Waals surface area contributed by atoms with E-state index >= 15 is 0 Å². The molecule has 0 saturated carbocycles. The van der Waals surface area contributed by atoms with Crippen molar-refractivity contribution in [1.29, 1.82) is 0 Å². The first-order valence-corrected chi connectivity index (χ1v) is 7.33. The van der Waals surface area contributed by atoms with Crippen LogP contribution in [-0.4, -0.2) is 17.4 Å². The van der Waals surface area contributed by atoms with Gasteiger partial charge in [-0.2, -0.15) is 0 Å². The summed E-state index contributed by atoms with van der Waals surface area (Å²) in [5.41, 5.74) is 7.91. The first kappa shape index (κ1) is 14.3. The molecule has 106 valence electrons. The Kier molecular flexibility index (Phi) is 4.57. The van der Waals surface area contributed by atoms with Crippen molar-refractivity contribution in [2.75, 3.05) is 17.6 Å². The van der Waals surface area contributed by atoms with Crippen molar-refractivity contribution in [2.24, 2.45) is 0 Å². The van der Waals surface area contributed by atoms with Gasteiger partial charge in [-0.15, -0.1) is 11.3 Å². The van der Waals surface area contributed by atoms with Gasteiger partial charge in [-0.3, -0.25) is 4.79 Å². The molecule has 1 aromatic heterocycles. The van der Waals surface area contributed by atoms with Crippen LogP contribution in [0.5, 0.6) is 0 Å². The van der Waals surface area contributed by atoms with Crippen molar-refractivity contribution in [1.82, 2.24) is 10.3 Å². The number of nitrogen functional groups attached to an aromatic ring is 1. The molecular formula is C14H18N4OS. The van der Waals surface area contributed by atoms with Crippen LogP contribution >= 0.6 is 11.3 Å². The molecule has 2 rings (SSSR count). The van der Waals surface area contributed by atoms with E-state index in [9.17, 15) is 4.79 Å². The van der Waals surface area contributed by atoms with Gasteiger partial charge >= 0.3 is 0 Å². The third-order valence-corrected chi connectivity index (χ3v) is 3.80. The molecule has 1 amide bonds. The standard InChI is InChI=1S/C14H18N4OS/c1-3-16-13(19)10-4-5-11(15)12(8-10)18-9(2)14-17-6-7-20-14/h4-9,18H,3,15H2,1-2H3,(H,16,19). The summed E-state index contributed by atoms with van der Waals surface area (Å²) in [6, 6.07) is 5.27. The van der Waals surface area contributed by atoms with Gasteiger partial charge in [0.05, 0.1) is 17.4 Å². The lowest BCUT2D eigenvalue weighted by Gasteiger charge is -2.15. The summed E-state index contributed by atoms with van der Waals surface area (Å²) in [6.07, 6.45) is 1.77. The fourth-order valence-electron chi connectivity index (χ4n) is 1.83. The molecular weight excluding hydrogens is 272 g/mol. The molecule has 0 saturated heterocycles. The SMILES string of the molecule is CCNC(=O)c1ccc(N)c(NC(C)c2nccs2)c1. The second-order valence-corrected chi connectivity index (χ2v) is 5.32. The Hall–Kier alpha value is -2.08. The van der Waals surface area contributed by atoms with Gasteiger partial charge in [0.15, 0.2) is 0 Å². The molecule has 1 atom stereocenters. The first-order chi connectivity index (χ1) is 9.61. The highest BCUT2D eigenvalue weighted by atomic mass is 32.1. The molecule has 6 heteroatoms. The van der Waals surface area contributed by atoms with Gasteiger partial charge in [-0.05, 0) is 32.0 Å². The number of benzene rings is 1. The summed E-state index contributed by atoms with van der Waals surface area (Å²) in [5.74, 6) is -0.0996. The Balaban J connectivity index is 2.18. The number of rotatable bonds is 5.